The number of amides is 2. The highest BCUT2D eigenvalue weighted by molar-refractivity contribution is 7.90. The lowest BCUT2D eigenvalue weighted by Crippen LogP contribution is -2.17. The number of carbonyl (C=O) groups excluding carboxylic acids is 2. The molecule has 0 unspecified atom stereocenters. The van der Waals surface area contributed by atoms with Crippen LogP contribution in [0.5, 0.6) is 0 Å². The number of carbonyl (C=O) groups is 2. The summed E-state index contributed by atoms with van der Waals surface area (Å²) in [5.41, 5.74) is 6.42. The number of primary amides is 1. The highest BCUT2D eigenvalue weighted by Gasteiger charge is 2.18. The summed E-state index contributed by atoms with van der Waals surface area (Å²) in [6.45, 7) is 1.72. The molecule has 2 aromatic rings. The molecule has 1 heterocycles. The largest absolute Gasteiger partial charge is 0.365 e. The van der Waals surface area contributed by atoms with Gasteiger partial charge in [-0.3, -0.25) is 9.59 Å². The number of sulfone groups is 1. The Morgan fingerprint density at radius 2 is 1.95 bits per heavy atom. The number of hydrogen-bond donors (Lipinski definition) is 2. The van der Waals surface area contributed by atoms with Crippen molar-refractivity contribution in [2.45, 2.75) is 11.8 Å². The van der Waals surface area contributed by atoms with Crippen LogP contribution in [0, 0.1) is 6.92 Å². The van der Waals surface area contributed by atoms with Crippen LogP contribution in [0.3, 0.4) is 0 Å². The molecule has 2 amide bonds. The molecule has 3 N–H and O–H groups in total. The molecule has 0 aliphatic rings. The van der Waals surface area contributed by atoms with Crippen molar-refractivity contribution in [2.24, 2.45) is 5.73 Å². The van der Waals surface area contributed by atoms with Gasteiger partial charge in [-0.2, -0.15) is 0 Å². The third-order valence-electron chi connectivity index (χ3n) is 2.97. The first-order valence-electron chi connectivity index (χ1n) is 6.19. The Morgan fingerprint density at radius 3 is 2.55 bits per heavy atom. The van der Waals surface area contributed by atoms with Gasteiger partial charge in [0, 0.05) is 11.8 Å². The van der Waals surface area contributed by atoms with Crippen molar-refractivity contribution in [3.63, 3.8) is 0 Å². The van der Waals surface area contributed by atoms with E-state index >= 15 is 0 Å². The van der Waals surface area contributed by atoms with Crippen molar-refractivity contribution >= 4 is 38.0 Å². The predicted octanol–water partition coefficient (Wildman–Crippen LogP) is 1.81. The van der Waals surface area contributed by atoms with E-state index in [0.29, 0.717) is 10.6 Å². The molecule has 0 saturated heterocycles. The van der Waals surface area contributed by atoms with Crippen LogP contribution in [0.25, 0.3) is 0 Å². The zero-order chi connectivity index (χ0) is 16.5. The fourth-order valence-corrected chi connectivity index (χ4v) is 3.50. The van der Waals surface area contributed by atoms with E-state index in [0.717, 1.165) is 6.26 Å². The molecular formula is C14H14N2O4S2. The maximum Gasteiger partial charge on any atom is 0.256 e. The summed E-state index contributed by atoms with van der Waals surface area (Å²) in [5.74, 6) is -1.13. The number of nitrogens with two attached hydrogens (primary N) is 1. The van der Waals surface area contributed by atoms with Crippen molar-refractivity contribution in [3.05, 3.63) is 46.3 Å². The van der Waals surface area contributed by atoms with Gasteiger partial charge in [-0.1, -0.05) is 6.07 Å². The Balaban J connectivity index is 2.33. The highest BCUT2D eigenvalue weighted by Crippen LogP contribution is 2.27. The van der Waals surface area contributed by atoms with Crippen LogP contribution >= 0.6 is 11.3 Å². The van der Waals surface area contributed by atoms with Gasteiger partial charge in [-0.05, 0) is 36.1 Å². The summed E-state index contributed by atoms with van der Waals surface area (Å²) in [6, 6.07) is 5.68. The number of nitrogens with one attached hydrogen (secondary N) is 1. The molecule has 0 spiro atoms. The first kappa shape index (κ1) is 16.2. The quantitative estimate of drug-likeness (QED) is 0.886. The monoisotopic (exact) mass is 338 g/mol. The average molecular weight is 338 g/mol. The molecule has 0 aliphatic carbocycles. The molecule has 0 fully saturated rings. The van der Waals surface area contributed by atoms with Crippen LogP contribution < -0.4 is 11.1 Å². The average Bonchev–Trinajstić information content (AvgIpc) is 2.79. The molecular weight excluding hydrogens is 324 g/mol. The third kappa shape index (κ3) is 3.34. The number of aryl methyl sites for hydroxylation is 1. The number of hydrogen-bond acceptors (Lipinski definition) is 5. The molecule has 0 bridgehead atoms. The van der Waals surface area contributed by atoms with Gasteiger partial charge >= 0.3 is 0 Å². The van der Waals surface area contributed by atoms with E-state index in [4.69, 9.17) is 5.73 Å². The summed E-state index contributed by atoms with van der Waals surface area (Å²) in [6.07, 6.45) is 1.07. The number of rotatable bonds is 4. The van der Waals surface area contributed by atoms with Crippen LogP contribution in [0.1, 0.15) is 26.3 Å². The van der Waals surface area contributed by atoms with Gasteiger partial charge in [0.15, 0.2) is 9.84 Å². The lowest BCUT2D eigenvalue weighted by Gasteiger charge is -2.06. The molecule has 0 aliphatic heterocycles. The zero-order valence-corrected chi connectivity index (χ0v) is 13.5. The van der Waals surface area contributed by atoms with E-state index in [1.165, 1.54) is 35.6 Å². The second-order valence-corrected chi connectivity index (χ2v) is 7.64. The summed E-state index contributed by atoms with van der Waals surface area (Å²) in [7, 11) is -3.40. The lowest BCUT2D eigenvalue weighted by molar-refractivity contribution is 0.100. The Morgan fingerprint density at radius 1 is 1.27 bits per heavy atom. The predicted molar refractivity (Wildman–Crippen MR) is 85.1 cm³/mol. The van der Waals surface area contributed by atoms with E-state index < -0.39 is 21.7 Å². The highest BCUT2D eigenvalue weighted by atomic mass is 32.2. The molecule has 8 heteroatoms. The van der Waals surface area contributed by atoms with Gasteiger partial charge in [0.25, 0.3) is 11.8 Å². The van der Waals surface area contributed by atoms with E-state index in [2.05, 4.69) is 5.32 Å². The van der Waals surface area contributed by atoms with Crippen molar-refractivity contribution in [1.29, 1.82) is 0 Å². The molecule has 1 aromatic heterocycles. The molecule has 0 atom stereocenters. The fourth-order valence-electron chi connectivity index (χ4n) is 1.89. The molecule has 2 rings (SSSR count). The Bertz CT molecular complexity index is 853. The summed E-state index contributed by atoms with van der Waals surface area (Å²) < 4.78 is 23.0. The van der Waals surface area contributed by atoms with Crippen LogP contribution in [-0.4, -0.2) is 26.5 Å². The summed E-state index contributed by atoms with van der Waals surface area (Å²) in [5, 5.41) is 4.65. The maximum absolute atomic E-state index is 12.2. The van der Waals surface area contributed by atoms with Crippen molar-refractivity contribution in [2.75, 3.05) is 11.6 Å². The minimum Gasteiger partial charge on any atom is -0.365 e. The zero-order valence-electron chi connectivity index (χ0n) is 11.9. The van der Waals surface area contributed by atoms with E-state index in [1.807, 2.05) is 0 Å². The lowest BCUT2D eigenvalue weighted by atomic mass is 10.2. The van der Waals surface area contributed by atoms with E-state index in [9.17, 15) is 18.0 Å². The summed E-state index contributed by atoms with van der Waals surface area (Å²) in [4.78, 5) is 23.7. The second-order valence-electron chi connectivity index (χ2n) is 4.74. The molecule has 1 aromatic carbocycles. The topological polar surface area (TPSA) is 106 Å². The molecule has 116 valence electrons. The van der Waals surface area contributed by atoms with E-state index in [-0.39, 0.29) is 16.0 Å². The molecule has 22 heavy (non-hydrogen) atoms. The van der Waals surface area contributed by atoms with Gasteiger partial charge in [-0.25, -0.2) is 8.42 Å². The standard InChI is InChI=1S/C14H14N2O4S2/c1-8-7-21-14(11(8)12(15)17)16-13(18)9-4-3-5-10(6-9)22(2,19)20/h3-7H,1-2H3,(H2,15,17)(H,16,18). The molecule has 0 radical (unpaired) electrons. The first-order valence-corrected chi connectivity index (χ1v) is 8.96. The first-order chi connectivity index (χ1) is 10.2. The summed E-state index contributed by atoms with van der Waals surface area (Å²) >= 11 is 1.19. The normalized spacial score (nSPS) is 11.2. The van der Waals surface area contributed by atoms with Gasteiger partial charge in [-0.15, -0.1) is 11.3 Å². The number of thiophene rings is 1. The van der Waals surface area contributed by atoms with Crippen LogP contribution in [0.15, 0.2) is 34.5 Å². The van der Waals surface area contributed by atoms with Gasteiger partial charge in [0.1, 0.15) is 5.00 Å². The van der Waals surface area contributed by atoms with Gasteiger partial charge in [0.2, 0.25) is 0 Å². The van der Waals surface area contributed by atoms with Gasteiger partial charge < -0.3 is 11.1 Å². The van der Waals surface area contributed by atoms with Crippen molar-refractivity contribution in [3.8, 4) is 0 Å². The second kappa shape index (κ2) is 5.90. The SMILES string of the molecule is Cc1csc(NC(=O)c2cccc(S(C)(=O)=O)c2)c1C(N)=O. The minimum atomic E-state index is -3.40. The van der Waals surface area contributed by atoms with Crippen molar-refractivity contribution < 1.29 is 18.0 Å². The van der Waals surface area contributed by atoms with Crippen LogP contribution in [0.4, 0.5) is 5.00 Å². The number of benzene rings is 1. The smallest absolute Gasteiger partial charge is 0.256 e. The third-order valence-corrected chi connectivity index (χ3v) is 5.10. The Labute approximate surface area is 131 Å². The molecule has 0 saturated carbocycles. The maximum atomic E-state index is 12.2. The van der Waals surface area contributed by atoms with E-state index in [1.54, 1.807) is 12.3 Å². The van der Waals surface area contributed by atoms with Crippen molar-refractivity contribution in [1.82, 2.24) is 0 Å². The van der Waals surface area contributed by atoms with Crippen LogP contribution in [0.2, 0.25) is 0 Å². The molecule has 6 nitrogen and oxygen atoms in total. The number of anilines is 1. The Hall–Kier alpha value is -2.19. The van der Waals surface area contributed by atoms with Crippen LogP contribution in [-0.2, 0) is 9.84 Å². The minimum absolute atomic E-state index is 0.0534. The fraction of sp³-hybridized carbons (Fsp3) is 0.143. The van der Waals surface area contributed by atoms with Gasteiger partial charge in [0.05, 0.1) is 10.5 Å². The Kier molecular flexibility index (Phi) is 4.34.